The van der Waals surface area contributed by atoms with Crippen LogP contribution in [0.25, 0.3) is 17.0 Å². The Kier molecular flexibility index (Phi) is 5.97. The van der Waals surface area contributed by atoms with Crippen molar-refractivity contribution >= 4 is 22.8 Å². The van der Waals surface area contributed by atoms with Crippen molar-refractivity contribution in [2.45, 2.75) is 37.8 Å². The molecule has 0 unspecified atom stereocenters. The Balaban J connectivity index is 1.43. The van der Waals surface area contributed by atoms with Gasteiger partial charge in [-0.1, -0.05) is 18.2 Å². The van der Waals surface area contributed by atoms with Gasteiger partial charge in [0.2, 0.25) is 0 Å². The van der Waals surface area contributed by atoms with Crippen LogP contribution in [0.2, 0.25) is 0 Å². The van der Waals surface area contributed by atoms with E-state index in [1.54, 1.807) is 12.4 Å². The summed E-state index contributed by atoms with van der Waals surface area (Å²) in [4.78, 5) is 11.5. The summed E-state index contributed by atoms with van der Waals surface area (Å²) in [6, 6.07) is 7.26. The summed E-state index contributed by atoms with van der Waals surface area (Å²) in [6.45, 7) is 3.93. The van der Waals surface area contributed by atoms with Crippen LogP contribution in [-0.2, 0) is 4.74 Å². The Morgan fingerprint density at radius 1 is 1.15 bits per heavy atom. The fourth-order valence-corrected chi connectivity index (χ4v) is 4.20. The maximum absolute atomic E-state index is 8.99. The number of aliphatic hydroxyl groups is 1. The summed E-state index contributed by atoms with van der Waals surface area (Å²) in [7, 11) is 0. The highest BCUT2D eigenvalue weighted by Crippen LogP contribution is 2.28. The van der Waals surface area contributed by atoms with Gasteiger partial charge >= 0.3 is 0 Å². The van der Waals surface area contributed by atoms with Gasteiger partial charge in [0.25, 0.3) is 0 Å². The molecule has 2 N–H and O–H groups in total. The Bertz CT molecular complexity index is 781. The lowest BCUT2D eigenvalue weighted by Gasteiger charge is -2.39. The minimum absolute atomic E-state index is 0.0425. The first-order valence-electron chi connectivity index (χ1n) is 9.94. The molecule has 1 saturated carbocycles. The van der Waals surface area contributed by atoms with Crippen molar-refractivity contribution in [2.75, 3.05) is 38.2 Å². The van der Waals surface area contributed by atoms with E-state index in [1.165, 1.54) is 12.8 Å². The van der Waals surface area contributed by atoms with Gasteiger partial charge in [0, 0.05) is 30.6 Å². The molecular weight excluding hydrogens is 340 g/mol. The molecule has 1 aliphatic carbocycles. The van der Waals surface area contributed by atoms with Gasteiger partial charge in [-0.2, -0.15) is 0 Å². The molecule has 2 aromatic rings. The Hall–Kier alpha value is -2.02. The van der Waals surface area contributed by atoms with Crippen molar-refractivity contribution in [3.63, 3.8) is 0 Å². The van der Waals surface area contributed by atoms with Gasteiger partial charge in [0.15, 0.2) is 0 Å². The Morgan fingerprint density at radius 3 is 2.74 bits per heavy atom. The molecule has 0 radical (unpaired) electrons. The zero-order chi connectivity index (χ0) is 18.5. The predicted molar refractivity (Wildman–Crippen MR) is 108 cm³/mol. The van der Waals surface area contributed by atoms with Crippen LogP contribution in [0.5, 0.6) is 0 Å². The van der Waals surface area contributed by atoms with Crippen molar-refractivity contribution in [3.8, 4) is 0 Å². The molecular formula is C21H28N4O2. The third-order valence-corrected chi connectivity index (χ3v) is 5.67. The molecule has 27 heavy (non-hydrogen) atoms. The SMILES string of the molecule is OC/C=C\c1ccc2ncnc(NC3CCC(N4CCOCC4)CC3)c2c1. The molecule has 1 aliphatic heterocycles. The molecule has 1 aromatic heterocycles. The number of benzene rings is 1. The molecule has 1 saturated heterocycles. The average molecular weight is 368 g/mol. The molecule has 1 aromatic carbocycles. The second kappa shape index (κ2) is 8.78. The highest BCUT2D eigenvalue weighted by molar-refractivity contribution is 5.90. The highest BCUT2D eigenvalue weighted by Gasteiger charge is 2.27. The van der Waals surface area contributed by atoms with Gasteiger partial charge in [0.1, 0.15) is 12.1 Å². The molecule has 0 atom stereocenters. The van der Waals surface area contributed by atoms with Crippen LogP contribution < -0.4 is 5.32 Å². The summed E-state index contributed by atoms with van der Waals surface area (Å²) in [5.41, 5.74) is 1.99. The van der Waals surface area contributed by atoms with Gasteiger partial charge in [0.05, 0.1) is 25.3 Å². The number of hydrogen-bond donors (Lipinski definition) is 2. The average Bonchev–Trinajstić information content (AvgIpc) is 2.74. The summed E-state index contributed by atoms with van der Waals surface area (Å²) >= 11 is 0. The molecule has 6 heteroatoms. The molecule has 2 aliphatic rings. The Morgan fingerprint density at radius 2 is 1.96 bits per heavy atom. The first kappa shape index (κ1) is 18.3. The van der Waals surface area contributed by atoms with Crippen molar-refractivity contribution in [1.29, 1.82) is 0 Å². The molecule has 0 spiro atoms. The van der Waals surface area contributed by atoms with Crippen molar-refractivity contribution in [3.05, 3.63) is 36.2 Å². The van der Waals surface area contributed by atoms with Crippen LogP contribution in [0.4, 0.5) is 5.82 Å². The van der Waals surface area contributed by atoms with E-state index in [0.717, 1.165) is 61.4 Å². The summed E-state index contributed by atoms with van der Waals surface area (Å²) < 4.78 is 5.48. The van der Waals surface area contributed by atoms with E-state index in [-0.39, 0.29) is 6.61 Å². The fourth-order valence-electron chi connectivity index (χ4n) is 4.20. The quantitative estimate of drug-likeness (QED) is 0.846. The highest BCUT2D eigenvalue weighted by atomic mass is 16.5. The van der Waals surface area contributed by atoms with E-state index in [4.69, 9.17) is 9.84 Å². The van der Waals surface area contributed by atoms with Crippen LogP contribution in [0, 0.1) is 0 Å². The summed E-state index contributed by atoms with van der Waals surface area (Å²) in [6.07, 6.45) is 10.1. The van der Waals surface area contributed by atoms with E-state index < -0.39 is 0 Å². The van der Waals surface area contributed by atoms with Crippen molar-refractivity contribution < 1.29 is 9.84 Å². The van der Waals surface area contributed by atoms with Gasteiger partial charge < -0.3 is 15.2 Å². The van der Waals surface area contributed by atoms with Crippen LogP contribution in [-0.4, -0.2) is 65.0 Å². The molecule has 0 amide bonds. The van der Waals surface area contributed by atoms with Crippen molar-refractivity contribution in [2.24, 2.45) is 0 Å². The molecule has 2 fully saturated rings. The second-order valence-electron chi connectivity index (χ2n) is 7.38. The minimum Gasteiger partial charge on any atom is -0.392 e. The monoisotopic (exact) mass is 368 g/mol. The van der Waals surface area contributed by atoms with Gasteiger partial charge in [-0.15, -0.1) is 0 Å². The number of anilines is 1. The number of nitrogens with zero attached hydrogens (tertiary/aromatic N) is 3. The van der Waals surface area contributed by atoms with Gasteiger partial charge in [-0.05, 0) is 43.4 Å². The van der Waals surface area contributed by atoms with E-state index in [1.807, 2.05) is 18.2 Å². The van der Waals surface area contributed by atoms with Gasteiger partial charge in [-0.25, -0.2) is 9.97 Å². The third-order valence-electron chi connectivity index (χ3n) is 5.67. The molecule has 2 heterocycles. The number of fused-ring (bicyclic) bond motifs is 1. The van der Waals surface area contributed by atoms with Crippen LogP contribution in [0.1, 0.15) is 31.2 Å². The normalized spacial score (nSPS) is 24.5. The number of aromatic nitrogens is 2. The van der Waals surface area contributed by atoms with Crippen LogP contribution >= 0.6 is 0 Å². The smallest absolute Gasteiger partial charge is 0.137 e. The summed E-state index contributed by atoms with van der Waals surface area (Å²) in [5.74, 6) is 0.911. The van der Waals surface area contributed by atoms with Gasteiger partial charge in [-0.3, -0.25) is 4.90 Å². The number of nitrogens with one attached hydrogen (secondary N) is 1. The maximum Gasteiger partial charge on any atom is 0.137 e. The minimum atomic E-state index is 0.0425. The van der Waals surface area contributed by atoms with Crippen LogP contribution in [0.15, 0.2) is 30.6 Å². The molecule has 0 bridgehead atoms. The Labute approximate surface area is 160 Å². The lowest BCUT2D eigenvalue weighted by atomic mass is 9.90. The maximum atomic E-state index is 8.99. The predicted octanol–water partition coefficient (Wildman–Crippen LogP) is 2.69. The van der Waals surface area contributed by atoms with Crippen molar-refractivity contribution in [1.82, 2.24) is 14.9 Å². The standard InChI is InChI=1S/C21H28N4O2/c26-11-1-2-16-3-8-20-19(14-16)21(23-15-22-20)24-17-4-6-18(7-5-17)25-9-12-27-13-10-25/h1-3,8,14-15,17-18,26H,4-7,9-13H2,(H,22,23,24)/b2-1-. The molecule has 144 valence electrons. The topological polar surface area (TPSA) is 70.5 Å². The van der Waals surface area contributed by atoms with Crippen LogP contribution in [0.3, 0.4) is 0 Å². The van der Waals surface area contributed by atoms with E-state index in [2.05, 4.69) is 26.3 Å². The van der Waals surface area contributed by atoms with E-state index in [0.29, 0.717) is 12.1 Å². The molecule has 6 nitrogen and oxygen atoms in total. The number of hydrogen-bond acceptors (Lipinski definition) is 6. The zero-order valence-electron chi connectivity index (χ0n) is 15.7. The largest absolute Gasteiger partial charge is 0.392 e. The zero-order valence-corrected chi connectivity index (χ0v) is 15.7. The first-order chi connectivity index (χ1) is 13.3. The first-order valence-corrected chi connectivity index (χ1v) is 9.94. The number of aliphatic hydroxyl groups excluding tert-OH is 1. The molecule has 4 rings (SSSR count). The fraction of sp³-hybridized carbons (Fsp3) is 0.524. The number of morpholine rings is 1. The number of ether oxygens (including phenoxy) is 1. The number of rotatable bonds is 5. The second-order valence-corrected chi connectivity index (χ2v) is 7.38. The lowest BCUT2D eigenvalue weighted by molar-refractivity contribution is 0.00791. The lowest BCUT2D eigenvalue weighted by Crippen LogP contribution is -2.46. The summed E-state index contributed by atoms with van der Waals surface area (Å²) in [5, 5.41) is 13.7. The van der Waals surface area contributed by atoms with E-state index >= 15 is 0 Å². The third kappa shape index (κ3) is 4.46. The van der Waals surface area contributed by atoms with E-state index in [9.17, 15) is 0 Å².